The van der Waals surface area contributed by atoms with Crippen molar-refractivity contribution in [3.05, 3.63) is 9.67 Å². The van der Waals surface area contributed by atoms with E-state index in [0.717, 1.165) is 19.3 Å². The predicted octanol–water partition coefficient (Wildman–Crippen LogP) is 7.02. The molecule has 0 aliphatic rings. The number of amides is 1. The monoisotopic (exact) mass is 547 g/mol. The van der Waals surface area contributed by atoms with Crippen LogP contribution in [-0.2, 0) is 14.3 Å². The summed E-state index contributed by atoms with van der Waals surface area (Å²) in [6, 6.07) is -0.199. The molecule has 0 radical (unpaired) electrons. The van der Waals surface area contributed by atoms with Gasteiger partial charge in [0.2, 0.25) is 0 Å². The van der Waals surface area contributed by atoms with Crippen LogP contribution in [0.5, 0.6) is 0 Å². The van der Waals surface area contributed by atoms with Gasteiger partial charge in [-0.05, 0) is 0 Å². The second-order valence-corrected chi connectivity index (χ2v) is 23.3. The number of hydrogen-bond donors (Lipinski definition) is 1. The van der Waals surface area contributed by atoms with E-state index in [1.807, 2.05) is 20.8 Å². The van der Waals surface area contributed by atoms with E-state index in [0.29, 0.717) is 0 Å². The molecule has 0 unspecified atom stereocenters. The summed E-state index contributed by atoms with van der Waals surface area (Å²) in [6.07, 6.45) is 8.32. The van der Waals surface area contributed by atoms with Crippen LogP contribution in [0.15, 0.2) is 9.67 Å². The molecule has 0 spiro atoms. The van der Waals surface area contributed by atoms with Crippen LogP contribution >= 0.6 is 0 Å². The van der Waals surface area contributed by atoms with Crippen LogP contribution in [0.1, 0.15) is 93.9 Å². The summed E-state index contributed by atoms with van der Waals surface area (Å²) < 4.78 is 15.5. The zero-order valence-electron chi connectivity index (χ0n) is 21.7. The van der Waals surface area contributed by atoms with E-state index in [9.17, 15) is 9.59 Å². The molecule has 182 valence electrons. The SMILES string of the molecule is CCC[CH2][Sn]([CH2]CCC)([CH2]CCC)/[C](=C\C(=O)OC)[C@@H](NC(=O)OC(C)(C)C)C(C)C. The van der Waals surface area contributed by atoms with Crippen molar-refractivity contribution >= 4 is 30.4 Å². The Kier molecular flexibility index (Phi) is 14.8. The second kappa shape index (κ2) is 15.2. The number of carbonyl (C=O) groups excluding carboxylic acids is 2. The Morgan fingerprint density at radius 2 is 1.39 bits per heavy atom. The van der Waals surface area contributed by atoms with Crippen molar-refractivity contribution in [2.45, 2.75) is 119 Å². The zero-order chi connectivity index (χ0) is 24.1. The van der Waals surface area contributed by atoms with Gasteiger partial charge in [0.25, 0.3) is 0 Å². The first-order valence-corrected chi connectivity index (χ1v) is 19.7. The molecule has 0 aromatic heterocycles. The van der Waals surface area contributed by atoms with Gasteiger partial charge in [-0.2, -0.15) is 0 Å². The molecule has 0 aromatic carbocycles. The summed E-state index contributed by atoms with van der Waals surface area (Å²) in [5, 5.41) is 3.15. The number of ether oxygens (including phenoxy) is 2. The molecule has 5 nitrogen and oxygen atoms in total. The Balaban J connectivity index is 6.45. The Hall–Kier alpha value is -0.721. The molecule has 31 heavy (non-hydrogen) atoms. The molecule has 1 amide bonds. The molecule has 6 heteroatoms. The number of esters is 1. The first kappa shape index (κ1) is 30.3. The summed E-state index contributed by atoms with van der Waals surface area (Å²) in [5.74, 6) is -0.151. The number of nitrogens with one attached hydrogen (secondary N) is 1. The fourth-order valence-corrected chi connectivity index (χ4v) is 21.8. The van der Waals surface area contributed by atoms with Gasteiger partial charge >= 0.3 is 196 Å². The Morgan fingerprint density at radius 3 is 1.71 bits per heavy atom. The van der Waals surface area contributed by atoms with Crippen molar-refractivity contribution in [3.8, 4) is 0 Å². The maximum atomic E-state index is 12.7. The van der Waals surface area contributed by atoms with E-state index in [1.165, 1.54) is 43.3 Å². The van der Waals surface area contributed by atoms with E-state index >= 15 is 0 Å². The molecule has 0 aliphatic heterocycles. The second-order valence-electron chi connectivity index (χ2n) is 10.1. The van der Waals surface area contributed by atoms with Crippen LogP contribution in [0.25, 0.3) is 0 Å². The normalized spacial score (nSPS) is 13.8. The average molecular weight is 546 g/mol. The van der Waals surface area contributed by atoms with Gasteiger partial charge < -0.3 is 0 Å². The minimum absolute atomic E-state index is 0.157. The van der Waals surface area contributed by atoms with Gasteiger partial charge in [0.05, 0.1) is 0 Å². The Labute approximate surface area is 196 Å². The van der Waals surface area contributed by atoms with Gasteiger partial charge in [0.1, 0.15) is 0 Å². The summed E-state index contributed by atoms with van der Waals surface area (Å²) in [6.45, 7) is 16.5. The number of hydrogen-bond acceptors (Lipinski definition) is 4. The van der Waals surface area contributed by atoms with Crippen LogP contribution in [-0.4, -0.2) is 49.2 Å². The quantitative estimate of drug-likeness (QED) is 0.145. The van der Waals surface area contributed by atoms with Crippen LogP contribution in [0.2, 0.25) is 13.3 Å². The fraction of sp³-hybridized carbons (Fsp3) is 0.840. The van der Waals surface area contributed by atoms with Crippen LogP contribution in [0, 0.1) is 5.92 Å². The molecule has 1 atom stereocenters. The molecular weight excluding hydrogens is 497 g/mol. The summed E-state index contributed by atoms with van der Waals surface area (Å²) >= 11 is -3.00. The van der Waals surface area contributed by atoms with Crippen LogP contribution in [0.4, 0.5) is 4.79 Å². The third kappa shape index (κ3) is 11.6. The third-order valence-electron chi connectivity index (χ3n) is 5.79. The fourth-order valence-electron chi connectivity index (χ4n) is 4.15. The van der Waals surface area contributed by atoms with Crippen molar-refractivity contribution in [1.82, 2.24) is 5.32 Å². The first-order chi connectivity index (χ1) is 14.5. The topological polar surface area (TPSA) is 64.6 Å². The molecule has 0 aromatic rings. The minimum atomic E-state index is -3.00. The number of methoxy groups -OCH3 is 1. The Morgan fingerprint density at radius 1 is 0.935 bits per heavy atom. The summed E-state index contributed by atoms with van der Waals surface area (Å²) in [7, 11) is 1.43. The van der Waals surface area contributed by atoms with Crippen LogP contribution in [0.3, 0.4) is 0 Å². The maximum absolute atomic E-state index is 12.7. The third-order valence-corrected chi connectivity index (χ3v) is 21.8. The van der Waals surface area contributed by atoms with Gasteiger partial charge in [0, 0.05) is 0 Å². The molecule has 0 fully saturated rings. The average Bonchev–Trinajstić information content (AvgIpc) is 2.68. The number of rotatable bonds is 14. The van der Waals surface area contributed by atoms with Crippen molar-refractivity contribution in [2.24, 2.45) is 5.92 Å². The summed E-state index contributed by atoms with van der Waals surface area (Å²) in [4.78, 5) is 25.3. The van der Waals surface area contributed by atoms with Crippen molar-refractivity contribution < 1.29 is 19.1 Å². The molecule has 1 N–H and O–H groups in total. The molecule has 0 saturated carbocycles. The van der Waals surface area contributed by atoms with E-state index < -0.39 is 30.1 Å². The van der Waals surface area contributed by atoms with E-state index in [4.69, 9.17) is 9.47 Å². The van der Waals surface area contributed by atoms with E-state index in [-0.39, 0.29) is 17.9 Å². The summed E-state index contributed by atoms with van der Waals surface area (Å²) in [5.41, 5.74) is -0.565. The van der Waals surface area contributed by atoms with Gasteiger partial charge in [0.15, 0.2) is 0 Å². The van der Waals surface area contributed by atoms with Crippen molar-refractivity contribution in [3.63, 3.8) is 0 Å². The molecule has 0 rings (SSSR count). The van der Waals surface area contributed by atoms with Crippen LogP contribution < -0.4 is 5.32 Å². The van der Waals surface area contributed by atoms with Gasteiger partial charge in [-0.15, -0.1) is 0 Å². The van der Waals surface area contributed by atoms with E-state index in [1.54, 1.807) is 6.08 Å². The first-order valence-electron chi connectivity index (χ1n) is 12.3. The number of alkyl carbamates (subject to hydrolysis) is 1. The van der Waals surface area contributed by atoms with Crippen molar-refractivity contribution in [1.29, 1.82) is 0 Å². The van der Waals surface area contributed by atoms with Gasteiger partial charge in [-0.25, -0.2) is 0 Å². The zero-order valence-corrected chi connectivity index (χ0v) is 24.6. The Bertz CT molecular complexity index is 545. The molecule has 0 aliphatic carbocycles. The van der Waals surface area contributed by atoms with Gasteiger partial charge in [-0.3, -0.25) is 0 Å². The molecule has 0 bridgehead atoms. The number of carbonyl (C=O) groups is 2. The predicted molar refractivity (Wildman–Crippen MR) is 133 cm³/mol. The molecular formula is C25H49NO4Sn. The van der Waals surface area contributed by atoms with Crippen molar-refractivity contribution in [2.75, 3.05) is 7.11 Å². The number of unbranched alkanes of at least 4 members (excludes halogenated alkanes) is 3. The van der Waals surface area contributed by atoms with E-state index in [2.05, 4.69) is 39.9 Å². The molecule has 0 saturated heterocycles. The molecule has 0 heterocycles. The standard InChI is InChI=1S/C13H22NO4.3C4H9.Sn/c1-9(2)10(7-8-11(15)17-6)14-12(16)18-13(3,4)5;3*1-3-4-2;/h8-10H,1-6H3,(H,14,16);3*1,3-4H2,2H3;/t10-;;;;/m1..../s1. The van der Waals surface area contributed by atoms with Gasteiger partial charge in [-0.1, -0.05) is 0 Å².